The summed E-state index contributed by atoms with van der Waals surface area (Å²) in [5.41, 5.74) is 0.914. The number of aromatic nitrogens is 2. The highest BCUT2D eigenvalue weighted by molar-refractivity contribution is 7.92. The molecule has 26 heavy (non-hydrogen) atoms. The fourth-order valence-corrected chi connectivity index (χ4v) is 4.13. The number of sulfonamides is 1. The summed E-state index contributed by atoms with van der Waals surface area (Å²) in [4.78, 5) is 10.4. The zero-order chi connectivity index (χ0) is 19.5. The molecule has 1 aromatic heterocycles. The first-order valence-corrected chi connectivity index (χ1v) is 9.39. The quantitative estimate of drug-likeness (QED) is 0.465. The van der Waals surface area contributed by atoms with Crippen molar-refractivity contribution in [2.75, 3.05) is 23.2 Å². The van der Waals surface area contributed by atoms with Gasteiger partial charge in [0.25, 0.3) is 15.7 Å². The van der Waals surface area contributed by atoms with Crippen molar-refractivity contribution in [2.45, 2.75) is 32.2 Å². The zero-order valence-electron chi connectivity index (χ0n) is 14.7. The van der Waals surface area contributed by atoms with E-state index in [-0.39, 0.29) is 29.4 Å². The second-order valence-corrected chi connectivity index (χ2v) is 7.18. The van der Waals surface area contributed by atoms with Crippen molar-refractivity contribution in [1.29, 1.82) is 0 Å². The largest absolute Gasteiger partial charge is 0.395 e. The van der Waals surface area contributed by atoms with Crippen LogP contribution in [-0.4, -0.2) is 41.4 Å². The minimum atomic E-state index is -4.01. The number of non-ortho nitro benzene ring substituents is 1. The van der Waals surface area contributed by atoms with E-state index in [1.807, 2.05) is 6.92 Å². The maximum Gasteiger partial charge on any atom is 0.271 e. The Kier molecular flexibility index (Phi) is 5.83. The topological polar surface area (TPSA) is 139 Å². The highest BCUT2D eigenvalue weighted by atomic mass is 32.2. The molecule has 11 heteroatoms. The summed E-state index contributed by atoms with van der Waals surface area (Å²) in [6, 6.07) is 3.77. The van der Waals surface area contributed by atoms with Gasteiger partial charge >= 0.3 is 0 Å². The molecule has 3 N–H and O–H groups in total. The first kappa shape index (κ1) is 19.7. The highest BCUT2D eigenvalue weighted by Crippen LogP contribution is 2.30. The van der Waals surface area contributed by atoms with Crippen molar-refractivity contribution in [1.82, 2.24) is 9.78 Å². The molecular weight excluding hydrogens is 362 g/mol. The van der Waals surface area contributed by atoms with Crippen molar-refractivity contribution >= 4 is 27.1 Å². The number of aliphatic hydroxyl groups excluding tert-OH is 1. The Bertz CT molecular complexity index is 923. The molecular formula is C15H21N5O5S. The van der Waals surface area contributed by atoms with Crippen molar-refractivity contribution < 1.29 is 18.4 Å². The molecule has 1 aromatic carbocycles. The van der Waals surface area contributed by atoms with E-state index in [1.54, 1.807) is 18.5 Å². The van der Waals surface area contributed by atoms with Crippen molar-refractivity contribution in [2.24, 2.45) is 0 Å². The predicted molar refractivity (Wildman–Crippen MR) is 96.9 cm³/mol. The summed E-state index contributed by atoms with van der Waals surface area (Å²) in [7, 11) is -4.01. The monoisotopic (exact) mass is 383 g/mol. The lowest BCUT2D eigenvalue weighted by Crippen LogP contribution is -2.17. The molecule has 0 bridgehead atoms. The number of nitrogens with one attached hydrogen (secondary N) is 2. The zero-order valence-corrected chi connectivity index (χ0v) is 15.5. The first-order valence-electron chi connectivity index (χ1n) is 7.91. The molecule has 0 saturated heterocycles. The SMILES string of the molecule is CCn1nc(C)c(S(=O)(=O)Nc2cc([N+](=O)[O-])ccc2NCCO)c1C. The number of anilines is 2. The van der Waals surface area contributed by atoms with E-state index in [4.69, 9.17) is 5.11 Å². The van der Waals surface area contributed by atoms with Crippen LogP contribution in [0.15, 0.2) is 23.1 Å². The van der Waals surface area contributed by atoms with Gasteiger partial charge in [-0.3, -0.25) is 19.5 Å². The number of aryl methyl sites for hydroxylation is 2. The first-order chi connectivity index (χ1) is 12.2. The second-order valence-electron chi connectivity index (χ2n) is 5.56. The minimum absolute atomic E-state index is 0.0238. The predicted octanol–water partition coefficient (Wildman–Crippen LogP) is 1.63. The number of hydrogen-bond acceptors (Lipinski definition) is 7. The Hall–Kier alpha value is -2.66. The maximum atomic E-state index is 12.9. The molecule has 0 spiro atoms. The van der Waals surface area contributed by atoms with E-state index in [9.17, 15) is 18.5 Å². The number of nitro groups is 1. The summed E-state index contributed by atoms with van der Waals surface area (Å²) in [5, 5.41) is 27.0. The van der Waals surface area contributed by atoms with Crippen LogP contribution in [0, 0.1) is 24.0 Å². The molecule has 1 heterocycles. The average Bonchev–Trinajstić information content (AvgIpc) is 2.87. The summed E-state index contributed by atoms with van der Waals surface area (Å²) >= 11 is 0. The van der Waals surface area contributed by atoms with Gasteiger partial charge in [-0.25, -0.2) is 8.42 Å². The van der Waals surface area contributed by atoms with E-state index in [2.05, 4.69) is 15.1 Å². The molecule has 2 aromatic rings. The lowest BCUT2D eigenvalue weighted by atomic mass is 10.2. The summed E-state index contributed by atoms with van der Waals surface area (Å²) < 4.78 is 29.7. The molecule has 10 nitrogen and oxygen atoms in total. The standard InChI is InChI=1S/C15H21N5O5S/c1-4-19-11(3)15(10(2)17-19)26(24,25)18-14-9-12(20(22)23)5-6-13(14)16-7-8-21/h5-6,9,16,18,21H,4,7-8H2,1-3H3. The summed E-state index contributed by atoms with van der Waals surface area (Å²) in [6.07, 6.45) is 0. The van der Waals surface area contributed by atoms with Crippen LogP contribution in [0.1, 0.15) is 18.3 Å². The van der Waals surface area contributed by atoms with E-state index in [1.165, 1.54) is 12.1 Å². The fraction of sp³-hybridized carbons (Fsp3) is 0.400. The third kappa shape index (κ3) is 3.94. The van der Waals surface area contributed by atoms with Crippen LogP contribution in [0.25, 0.3) is 0 Å². The van der Waals surface area contributed by atoms with Gasteiger partial charge in [-0.15, -0.1) is 0 Å². The van der Waals surface area contributed by atoms with Gasteiger partial charge in [-0.1, -0.05) is 0 Å². The number of aliphatic hydroxyl groups is 1. The number of nitro benzene ring substituents is 1. The molecule has 0 saturated carbocycles. The van der Waals surface area contributed by atoms with Crippen LogP contribution in [0.5, 0.6) is 0 Å². The summed E-state index contributed by atoms with van der Waals surface area (Å²) in [6.45, 7) is 5.59. The molecule has 0 amide bonds. The highest BCUT2D eigenvalue weighted by Gasteiger charge is 2.26. The summed E-state index contributed by atoms with van der Waals surface area (Å²) in [5.74, 6) is 0. The molecule has 0 aliphatic heterocycles. The smallest absolute Gasteiger partial charge is 0.271 e. The van der Waals surface area contributed by atoms with Gasteiger partial charge in [0, 0.05) is 25.2 Å². The Labute approximate surface area is 151 Å². The number of nitrogens with zero attached hydrogens (tertiary/aromatic N) is 3. The molecule has 2 rings (SSSR count). The number of hydrogen-bond donors (Lipinski definition) is 3. The molecule has 0 fully saturated rings. The van der Waals surface area contributed by atoms with E-state index >= 15 is 0 Å². The second kappa shape index (κ2) is 7.70. The molecule has 0 aliphatic carbocycles. The third-order valence-electron chi connectivity index (χ3n) is 3.77. The van der Waals surface area contributed by atoms with E-state index < -0.39 is 14.9 Å². The Morgan fingerprint density at radius 2 is 2.00 bits per heavy atom. The van der Waals surface area contributed by atoms with Crippen LogP contribution in [0.4, 0.5) is 17.1 Å². The van der Waals surface area contributed by atoms with Gasteiger partial charge < -0.3 is 10.4 Å². The Morgan fingerprint density at radius 3 is 2.54 bits per heavy atom. The number of rotatable bonds is 8. The minimum Gasteiger partial charge on any atom is -0.395 e. The van der Waals surface area contributed by atoms with Crippen LogP contribution in [0.2, 0.25) is 0 Å². The van der Waals surface area contributed by atoms with Crippen molar-refractivity contribution in [3.8, 4) is 0 Å². The maximum absolute atomic E-state index is 12.9. The van der Waals surface area contributed by atoms with Gasteiger partial charge in [0.2, 0.25) is 0 Å². The van der Waals surface area contributed by atoms with Crippen LogP contribution in [0.3, 0.4) is 0 Å². The lowest BCUT2D eigenvalue weighted by Gasteiger charge is -2.14. The Balaban J connectivity index is 2.49. The average molecular weight is 383 g/mol. The van der Waals surface area contributed by atoms with Gasteiger partial charge in [0.1, 0.15) is 4.90 Å². The molecule has 0 radical (unpaired) electrons. The number of benzene rings is 1. The fourth-order valence-electron chi connectivity index (χ4n) is 2.65. The third-order valence-corrected chi connectivity index (χ3v) is 5.39. The van der Waals surface area contributed by atoms with Crippen LogP contribution >= 0.6 is 0 Å². The molecule has 0 atom stereocenters. The van der Waals surface area contributed by atoms with Crippen LogP contribution in [-0.2, 0) is 16.6 Å². The normalized spacial score (nSPS) is 11.4. The molecule has 0 unspecified atom stereocenters. The molecule has 142 valence electrons. The van der Waals surface area contributed by atoms with Gasteiger partial charge in [-0.2, -0.15) is 5.10 Å². The van der Waals surface area contributed by atoms with Gasteiger partial charge in [0.15, 0.2) is 0 Å². The van der Waals surface area contributed by atoms with Crippen molar-refractivity contribution in [3.63, 3.8) is 0 Å². The van der Waals surface area contributed by atoms with Crippen molar-refractivity contribution in [3.05, 3.63) is 39.7 Å². The van der Waals surface area contributed by atoms with Crippen LogP contribution < -0.4 is 10.0 Å². The van der Waals surface area contributed by atoms with Gasteiger partial charge in [0.05, 0.1) is 34.3 Å². The molecule has 0 aliphatic rings. The Morgan fingerprint density at radius 1 is 1.31 bits per heavy atom. The van der Waals surface area contributed by atoms with Gasteiger partial charge in [-0.05, 0) is 26.8 Å². The van der Waals surface area contributed by atoms with E-state index in [0.717, 1.165) is 6.07 Å². The van der Waals surface area contributed by atoms with E-state index in [0.29, 0.717) is 23.6 Å². The lowest BCUT2D eigenvalue weighted by molar-refractivity contribution is -0.384.